The van der Waals surface area contributed by atoms with Crippen LogP contribution in [0.3, 0.4) is 0 Å². The van der Waals surface area contributed by atoms with E-state index in [1.54, 1.807) is 12.3 Å². The number of benzene rings is 1. The highest BCUT2D eigenvalue weighted by atomic mass is 79.9. The average molecular weight is 337 g/mol. The fourth-order valence-corrected chi connectivity index (χ4v) is 2.16. The Hall–Kier alpha value is -1.53. The van der Waals surface area contributed by atoms with E-state index in [9.17, 15) is 0 Å². The third-order valence-electron chi connectivity index (χ3n) is 2.66. The van der Waals surface area contributed by atoms with Crippen molar-refractivity contribution in [2.24, 2.45) is 5.73 Å². The molecular weight excluding hydrogens is 324 g/mol. The fourth-order valence-electron chi connectivity index (χ4n) is 1.74. The lowest BCUT2D eigenvalue weighted by atomic mass is 10.2. The van der Waals surface area contributed by atoms with Crippen molar-refractivity contribution in [3.8, 4) is 0 Å². The van der Waals surface area contributed by atoms with Gasteiger partial charge in [0, 0.05) is 18.1 Å². The molecule has 0 fully saturated rings. The van der Waals surface area contributed by atoms with Gasteiger partial charge in [0.25, 0.3) is 0 Å². The molecule has 1 heterocycles. The molecule has 0 aliphatic heterocycles. The molecule has 0 unspecified atom stereocenters. The summed E-state index contributed by atoms with van der Waals surface area (Å²) in [6.07, 6.45) is 1.59. The number of nitrogens with zero attached hydrogens (tertiary/aromatic N) is 3. The van der Waals surface area contributed by atoms with Gasteiger partial charge in [-0.1, -0.05) is 40.3 Å². The molecule has 0 aliphatic carbocycles. The minimum absolute atomic E-state index is 0.326. The zero-order valence-corrected chi connectivity index (χ0v) is 12.8. The van der Waals surface area contributed by atoms with Crippen LogP contribution >= 0.6 is 28.1 Å². The Kier molecular flexibility index (Phi) is 4.44. The molecule has 1 aromatic heterocycles. The van der Waals surface area contributed by atoms with Crippen LogP contribution in [0.1, 0.15) is 11.1 Å². The summed E-state index contributed by atoms with van der Waals surface area (Å²) in [5.74, 6) is 0.693. The predicted molar refractivity (Wildman–Crippen MR) is 84.2 cm³/mol. The minimum atomic E-state index is 0.326. The van der Waals surface area contributed by atoms with Crippen molar-refractivity contribution in [2.75, 3.05) is 11.9 Å². The predicted octanol–water partition coefficient (Wildman–Crippen LogP) is 2.51. The molecule has 0 saturated heterocycles. The third kappa shape index (κ3) is 3.48. The second kappa shape index (κ2) is 6.08. The van der Waals surface area contributed by atoms with E-state index in [0.29, 0.717) is 17.4 Å². The van der Waals surface area contributed by atoms with Gasteiger partial charge in [-0.05, 0) is 23.8 Å². The Labute approximate surface area is 125 Å². The van der Waals surface area contributed by atoms with Gasteiger partial charge in [0.15, 0.2) is 5.82 Å². The SMILES string of the molecule is CN(Cc1ccc(Br)cc1)c1nnccc1C(N)=S. The number of nitrogens with two attached hydrogens (primary N) is 1. The summed E-state index contributed by atoms with van der Waals surface area (Å²) in [4.78, 5) is 2.30. The molecular formula is C13H13BrN4S. The lowest BCUT2D eigenvalue weighted by Crippen LogP contribution is -2.23. The highest BCUT2D eigenvalue weighted by Crippen LogP contribution is 2.18. The van der Waals surface area contributed by atoms with Gasteiger partial charge in [0.1, 0.15) is 4.99 Å². The number of aromatic nitrogens is 2. The van der Waals surface area contributed by atoms with Gasteiger partial charge < -0.3 is 10.6 Å². The highest BCUT2D eigenvalue weighted by Gasteiger charge is 2.11. The van der Waals surface area contributed by atoms with E-state index in [4.69, 9.17) is 18.0 Å². The van der Waals surface area contributed by atoms with E-state index in [1.807, 2.05) is 24.1 Å². The Balaban J connectivity index is 2.22. The lowest BCUT2D eigenvalue weighted by Gasteiger charge is -2.20. The van der Waals surface area contributed by atoms with Crippen LogP contribution in [-0.4, -0.2) is 22.2 Å². The van der Waals surface area contributed by atoms with Crippen molar-refractivity contribution in [1.82, 2.24) is 10.2 Å². The van der Waals surface area contributed by atoms with Gasteiger partial charge in [-0.15, -0.1) is 5.10 Å². The number of thiocarbonyl (C=S) groups is 1. The molecule has 1 aromatic carbocycles. The van der Waals surface area contributed by atoms with E-state index < -0.39 is 0 Å². The molecule has 0 aliphatic rings. The van der Waals surface area contributed by atoms with Crippen molar-refractivity contribution in [1.29, 1.82) is 0 Å². The molecule has 0 saturated carbocycles. The van der Waals surface area contributed by atoms with Crippen molar-refractivity contribution in [3.63, 3.8) is 0 Å². The number of hydrogen-bond donors (Lipinski definition) is 1. The molecule has 19 heavy (non-hydrogen) atoms. The molecule has 0 radical (unpaired) electrons. The lowest BCUT2D eigenvalue weighted by molar-refractivity contribution is 0.864. The summed E-state index contributed by atoms with van der Waals surface area (Å²) in [6, 6.07) is 9.90. The number of rotatable bonds is 4. The Morgan fingerprint density at radius 3 is 2.63 bits per heavy atom. The molecule has 0 spiro atoms. The maximum atomic E-state index is 5.70. The molecule has 2 aromatic rings. The van der Waals surface area contributed by atoms with Gasteiger partial charge in [-0.3, -0.25) is 0 Å². The topological polar surface area (TPSA) is 55.0 Å². The zero-order chi connectivity index (χ0) is 13.8. The first kappa shape index (κ1) is 13.9. The Morgan fingerprint density at radius 2 is 2.00 bits per heavy atom. The van der Waals surface area contributed by atoms with Gasteiger partial charge in [0.2, 0.25) is 0 Å². The van der Waals surface area contributed by atoms with E-state index in [2.05, 4.69) is 38.3 Å². The van der Waals surface area contributed by atoms with Crippen LogP contribution in [0.4, 0.5) is 5.82 Å². The first-order chi connectivity index (χ1) is 9.08. The summed E-state index contributed by atoms with van der Waals surface area (Å²) < 4.78 is 1.06. The summed E-state index contributed by atoms with van der Waals surface area (Å²) in [5, 5.41) is 8.00. The van der Waals surface area contributed by atoms with Crippen LogP contribution in [0.15, 0.2) is 41.0 Å². The van der Waals surface area contributed by atoms with E-state index >= 15 is 0 Å². The largest absolute Gasteiger partial charge is 0.389 e. The normalized spacial score (nSPS) is 10.2. The van der Waals surface area contributed by atoms with Crippen LogP contribution in [0.5, 0.6) is 0 Å². The molecule has 0 amide bonds. The second-order valence-electron chi connectivity index (χ2n) is 4.12. The van der Waals surface area contributed by atoms with E-state index in [-0.39, 0.29) is 0 Å². The van der Waals surface area contributed by atoms with Gasteiger partial charge >= 0.3 is 0 Å². The maximum Gasteiger partial charge on any atom is 0.161 e. The first-order valence-electron chi connectivity index (χ1n) is 5.65. The van der Waals surface area contributed by atoms with Crippen LogP contribution in [0, 0.1) is 0 Å². The van der Waals surface area contributed by atoms with E-state index in [0.717, 1.165) is 10.0 Å². The number of anilines is 1. The number of halogens is 1. The number of hydrogen-bond acceptors (Lipinski definition) is 4. The van der Waals surface area contributed by atoms with Gasteiger partial charge in [0.05, 0.1) is 11.8 Å². The zero-order valence-electron chi connectivity index (χ0n) is 10.4. The molecule has 0 bridgehead atoms. The first-order valence-corrected chi connectivity index (χ1v) is 6.85. The minimum Gasteiger partial charge on any atom is -0.389 e. The van der Waals surface area contributed by atoms with Crippen LogP contribution in [0.25, 0.3) is 0 Å². The molecule has 2 rings (SSSR count). The second-order valence-corrected chi connectivity index (χ2v) is 5.47. The summed E-state index contributed by atoms with van der Waals surface area (Å²) in [7, 11) is 1.94. The maximum absolute atomic E-state index is 5.70. The summed E-state index contributed by atoms with van der Waals surface area (Å²) in [5.41, 5.74) is 7.61. The average Bonchev–Trinajstić information content (AvgIpc) is 2.41. The van der Waals surface area contributed by atoms with Crippen molar-refractivity contribution in [2.45, 2.75) is 6.54 Å². The standard InChI is InChI=1S/C13H13BrN4S/c1-18(8-9-2-4-10(14)5-3-9)13-11(12(15)19)6-7-16-17-13/h2-7H,8H2,1H3,(H2,15,19). The molecule has 4 nitrogen and oxygen atoms in total. The summed E-state index contributed by atoms with van der Waals surface area (Å²) in [6.45, 7) is 0.710. The Bertz CT molecular complexity index is 585. The van der Waals surface area contributed by atoms with Crippen LogP contribution in [-0.2, 0) is 6.54 Å². The van der Waals surface area contributed by atoms with Crippen molar-refractivity contribution < 1.29 is 0 Å². The fraction of sp³-hybridized carbons (Fsp3) is 0.154. The Morgan fingerprint density at radius 1 is 1.32 bits per heavy atom. The van der Waals surface area contributed by atoms with Crippen LogP contribution < -0.4 is 10.6 Å². The molecule has 2 N–H and O–H groups in total. The molecule has 0 atom stereocenters. The monoisotopic (exact) mass is 336 g/mol. The van der Waals surface area contributed by atoms with Crippen LogP contribution in [0.2, 0.25) is 0 Å². The summed E-state index contributed by atoms with van der Waals surface area (Å²) >= 11 is 8.45. The van der Waals surface area contributed by atoms with Crippen molar-refractivity contribution >= 4 is 39.0 Å². The highest BCUT2D eigenvalue weighted by molar-refractivity contribution is 9.10. The van der Waals surface area contributed by atoms with E-state index in [1.165, 1.54) is 5.56 Å². The third-order valence-corrected chi connectivity index (χ3v) is 3.41. The smallest absolute Gasteiger partial charge is 0.161 e. The molecule has 98 valence electrons. The quantitative estimate of drug-likeness (QED) is 0.869. The van der Waals surface area contributed by atoms with Gasteiger partial charge in [-0.2, -0.15) is 5.10 Å². The van der Waals surface area contributed by atoms with Gasteiger partial charge in [-0.25, -0.2) is 0 Å². The molecule has 6 heteroatoms. The van der Waals surface area contributed by atoms with Crippen molar-refractivity contribution in [3.05, 3.63) is 52.1 Å².